The van der Waals surface area contributed by atoms with Crippen molar-refractivity contribution in [1.29, 1.82) is 0 Å². The molecule has 0 unspecified atom stereocenters. The van der Waals surface area contributed by atoms with Crippen molar-refractivity contribution in [1.82, 2.24) is 20.4 Å². The minimum absolute atomic E-state index is 0.748. The Kier molecular flexibility index (Phi) is 5.77. The van der Waals surface area contributed by atoms with Crippen LogP contribution < -0.4 is 10.6 Å². The van der Waals surface area contributed by atoms with Gasteiger partial charge in [-0.2, -0.15) is 5.10 Å². The van der Waals surface area contributed by atoms with Crippen molar-refractivity contribution in [2.24, 2.45) is 0 Å². The van der Waals surface area contributed by atoms with Gasteiger partial charge in [0.25, 0.3) is 0 Å². The van der Waals surface area contributed by atoms with Crippen LogP contribution in [0.15, 0.2) is 18.5 Å². The molecule has 0 atom stereocenters. The summed E-state index contributed by atoms with van der Waals surface area (Å²) in [6, 6.07) is 1.93. The van der Waals surface area contributed by atoms with Crippen molar-refractivity contribution in [2.75, 3.05) is 13.1 Å². The van der Waals surface area contributed by atoms with Crippen molar-refractivity contribution >= 4 is 17.3 Å². The van der Waals surface area contributed by atoms with Gasteiger partial charge in [-0.3, -0.25) is 4.68 Å². The fourth-order valence-electron chi connectivity index (χ4n) is 1.18. The Bertz CT molecular complexity index is 271. The summed E-state index contributed by atoms with van der Waals surface area (Å²) in [7, 11) is 0. The molecule has 1 rings (SSSR count). The van der Waals surface area contributed by atoms with E-state index in [1.165, 1.54) is 0 Å². The van der Waals surface area contributed by atoms with Gasteiger partial charge in [0, 0.05) is 32.0 Å². The third-order valence-electron chi connectivity index (χ3n) is 1.94. The highest BCUT2D eigenvalue weighted by molar-refractivity contribution is 7.80. The third kappa shape index (κ3) is 5.37. The van der Waals surface area contributed by atoms with Crippen LogP contribution in [-0.4, -0.2) is 28.0 Å². The highest BCUT2D eigenvalue weighted by Crippen LogP contribution is 1.87. The lowest BCUT2D eigenvalue weighted by Gasteiger charge is -2.09. The number of hydrogen-bond donors (Lipinski definition) is 2. The average molecular weight is 226 g/mol. The molecule has 0 aromatic carbocycles. The smallest absolute Gasteiger partial charge is 0.166 e. The van der Waals surface area contributed by atoms with Gasteiger partial charge in [0.15, 0.2) is 5.11 Å². The molecular formula is C10H18N4S. The second kappa shape index (κ2) is 7.23. The number of aromatic nitrogens is 2. The zero-order valence-electron chi connectivity index (χ0n) is 9.07. The summed E-state index contributed by atoms with van der Waals surface area (Å²) in [6.07, 6.45) is 5.87. The molecule has 0 saturated carbocycles. The van der Waals surface area contributed by atoms with E-state index < -0.39 is 0 Å². The lowest BCUT2D eigenvalue weighted by atomic mass is 10.4. The second-order valence-electron chi connectivity index (χ2n) is 3.31. The molecule has 0 spiro atoms. The zero-order valence-corrected chi connectivity index (χ0v) is 9.89. The van der Waals surface area contributed by atoms with Crippen LogP contribution in [-0.2, 0) is 6.54 Å². The first-order chi connectivity index (χ1) is 7.33. The number of aryl methyl sites for hydroxylation is 1. The SMILES string of the molecule is CCCNC(=S)NCCCn1cccn1. The van der Waals surface area contributed by atoms with Gasteiger partial charge in [-0.15, -0.1) is 0 Å². The lowest BCUT2D eigenvalue weighted by Crippen LogP contribution is -2.36. The van der Waals surface area contributed by atoms with Gasteiger partial charge >= 0.3 is 0 Å². The van der Waals surface area contributed by atoms with Gasteiger partial charge in [0.05, 0.1) is 0 Å². The van der Waals surface area contributed by atoms with Gasteiger partial charge < -0.3 is 10.6 Å². The average Bonchev–Trinajstić information content (AvgIpc) is 2.74. The summed E-state index contributed by atoms with van der Waals surface area (Å²) in [6.45, 7) is 4.87. The molecule has 0 bridgehead atoms. The summed E-state index contributed by atoms with van der Waals surface area (Å²) in [4.78, 5) is 0. The molecular weight excluding hydrogens is 208 g/mol. The Morgan fingerprint density at radius 3 is 2.87 bits per heavy atom. The fraction of sp³-hybridized carbons (Fsp3) is 0.600. The highest BCUT2D eigenvalue weighted by atomic mass is 32.1. The maximum absolute atomic E-state index is 5.09. The van der Waals surface area contributed by atoms with Crippen LogP contribution in [0.1, 0.15) is 19.8 Å². The van der Waals surface area contributed by atoms with Gasteiger partial charge in [-0.05, 0) is 31.1 Å². The van der Waals surface area contributed by atoms with Crippen LogP contribution in [0.2, 0.25) is 0 Å². The van der Waals surface area contributed by atoms with Gasteiger partial charge in [0.1, 0.15) is 0 Å². The molecule has 4 nitrogen and oxygen atoms in total. The number of thiocarbonyl (C=S) groups is 1. The van der Waals surface area contributed by atoms with Crippen molar-refractivity contribution in [3.05, 3.63) is 18.5 Å². The summed E-state index contributed by atoms with van der Waals surface area (Å²) in [5, 5.41) is 11.2. The molecule has 0 saturated heterocycles. The Morgan fingerprint density at radius 1 is 1.40 bits per heavy atom. The molecule has 0 aliphatic rings. The number of nitrogens with one attached hydrogen (secondary N) is 2. The second-order valence-corrected chi connectivity index (χ2v) is 3.71. The largest absolute Gasteiger partial charge is 0.363 e. The number of hydrogen-bond acceptors (Lipinski definition) is 2. The third-order valence-corrected chi connectivity index (χ3v) is 2.23. The summed E-state index contributed by atoms with van der Waals surface area (Å²) in [5.41, 5.74) is 0. The quantitative estimate of drug-likeness (QED) is 0.564. The van der Waals surface area contributed by atoms with Crippen molar-refractivity contribution < 1.29 is 0 Å². The minimum Gasteiger partial charge on any atom is -0.363 e. The molecule has 0 fully saturated rings. The molecule has 0 aliphatic heterocycles. The van der Waals surface area contributed by atoms with Crippen LogP contribution in [0.3, 0.4) is 0 Å². The van der Waals surface area contributed by atoms with Crippen molar-refractivity contribution in [3.8, 4) is 0 Å². The first-order valence-corrected chi connectivity index (χ1v) is 5.73. The van der Waals surface area contributed by atoms with Crippen LogP contribution in [0.5, 0.6) is 0 Å². The highest BCUT2D eigenvalue weighted by Gasteiger charge is 1.94. The van der Waals surface area contributed by atoms with Crippen LogP contribution in [0.4, 0.5) is 0 Å². The fourth-order valence-corrected chi connectivity index (χ4v) is 1.38. The summed E-state index contributed by atoms with van der Waals surface area (Å²) in [5.74, 6) is 0. The van der Waals surface area contributed by atoms with E-state index in [2.05, 4.69) is 22.7 Å². The molecule has 0 amide bonds. The van der Waals surface area contributed by atoms with Crippen LogP contribution in [0, 0.1) is 0 Å². The molecule has 84 valence electrons. The standard InChI is InChI=1S/C10H18N4S/c1-2-5-11-10(15)12-6-3-8-14-9-4-7-13-14/h4,7,9H,2-3,5-6,8H2,1H3,(H2,11,12,15). The predicted molar refractivity (Wildman–Crippen MR) is 65.7 cm³/mol. The van der Waals surface area contributed by atoms with Gasteiger partial charge in [0.2, 0.25) is 0 Å². The van der Waals surface area contributed by atoms with E-state index in [1.54, 1.807) is 6.20 Å². The van der Waals surface area contributed by atoms with E-state index in [0.717, 1.165) is 37.6 Å². The molecule has 2 N–H and O–H groups in total. The Morgan fingerprint density at radius 2 is 2.20 bits per heavy atom. The molecule has 0 radical (unpaired) electrons. The van der Waals surface area contributed by atoms with Gasteiger partial charge in [-0.25, -0.2) is 0 Å². The van der Waals surface area contributed by atoms with Crippen LogP contribution >= 0.6 is 12.2 Å². The topological polar surface area (TPSA) is 41.9 Å². The Hall–Kier alpha value is -1.10. The van der Waals surface area contributed by atoms with Crippen molar-refractivity contribution in [3.63, 3.8) is 0 Å². The molecule has 0 aliphatic carbocycles. The maximum Gasteiger partial charge on any atom is 0.166 e. The summed E-state index contributed by atoms with van der Waals surface area (Å²) < 4.78 is 1.92. The number of nitrogens with zero attached hydrogens (tertiary/aromatic N) is 2. The number of rotatable bonds is 6. The molecule has 1 heterocycles. The monoisotopic (exact) mass is 226 g/mol. The van der Waals surface area contributed by atoms with Crippen molar-refractivity contribution in [2.45, 2.75) is 26.3 Å². The first kappa shape index (κ1) is 12.0. The summed E-state index contributed by atoms with van der Waals surface area (Å²) >= 11 is 5.09. The molecule has 15 heavy (non-hydrogen) atoms. The first-order valence-electron chi connectivity index (χ1n) is 5.32. The van der Waals surface area contributed by atoms with E-state index in [1.807, 2.05) is 16.9 Å². The molecule has 5 heteroatoms. The normalized spacial score (nSPS) is 9.93. The predicted octanol–water partition coefficient (Wildman–Crippen LogP) is 1.15. The minimum atomic E-state index is 0.748. The molecule has 1 aromatic heterocycles. The molecule has 1 aromatic rings. The van der Waals surface area contributed by atoms with E-state index >= 15 is 0 Å². The van der Waals surface area contributed by atoms with Crippen LogP contribution in [0.25, 0.3) is 0 Å². The van der Waals surface area contributed by atoms with E-state index in [9.17, 15) is 0 Å². The lowest BCUT2D eigenvalue weighted by molar-refractivity contribution is 0.571. The van der Waals surface area contributed by atoms with E-state index in [0.29, 0.717) is 0 Å². The van der Waals surface area contributed by atoms with E-state index in [4.69, 9.17) is 12.2 Å². The maximum atomic E-state index is 5.09. The zero-order chi connectivity index (χ0) is 10.9. The van der Waals surface area contributed by atoms with Gasteiger partial charge in [-0.1, -0.05) is 6.92 Å². The van der Waals surface area contributed by atoms with E-state index in [-0.39, 0.29) is 0 Å². The Labute approximate surface area is 96.1 Å². The Balaban J connectivity index is 1.99.